The lowest BCUT2D eigenvalue weighted by atomic mass is 10.1. The van der Waals surface area contributed by atoms with Crippen molar-refractivity contribution in [3.8, 4) is 0 Å². The molecule has 0 bridgehead atoms. The maximum atomic E-state index is 10.6. The molecule has 5 nitrogen and oxygen atoms in total. The second-order valence-corrected chi connectivity index (χ2v) is 3.03. The minimum Gasteiger partial charge on any atom is -0.369 e. The van der Waals surface area contributed by atoms with Crippen molar-refractivity contribution in [3.63, 3.8) is 0 Å². The molecule has 5 heteroatoms. The SMILES string of the molecule is Cc1c([N+](=O)[O-])cnc2c1CCN2. The summed E-state index contributed by atoms with van der Waals surface area (Å²) in [7, 11) is 0. The maximum absolute atomic E-state index is 10.6. The van der Waals surface area contributed by atoms with Crippen molar-refractivity contribution in [1.29, 1.82) is 0 Å². The number of hydrogen-bond donors (Lipinski definition) is 1. The maximum Gasteiger partial charge on any atom is 0.290 e. The zero-order chi connectivity index (χ0) is 9.42. The van der Waals surface area contributed by atoms with Gasteiger partial charge in [-0.3, -0.25) is 10.1 Å². The Kier molecular flexibility index (Phi) is 1.65. The Morgan fingerprint density at radius 3 is 3.15 bits per heavy atom. The van der Waals surface area contributed by atoms with E-state index in [1.807, 2.05) is 0 Å². The number of nitrogens with one attached hydrogen (secondary N) is 1. The Morgan fingerprint density at radius 1 is 1.69 bits per heavy atom. The summed E-state index contributed by atoms with van der Waals surface area (Å²) in [6.07, 6.45) is 2.14. The van der Waals surface area contributed by atoms with Crippen LogP contribution in [-0.2, 0) is 6.42 Å². The zero-order valence-corrected chi connectivity index (χ0v) is 7.20. The first kappa shape index (κ1) is 7.97. The van der Waals surface area contributed by atoms with Gasteiger partial charge in [-0.25, -0.2) is 4.98 Å². The van der Waals surface area contributed by atoms with Crippen LogP contribution in [0.25, 0.3) is 0 Å². The molecule has 0 fully saturated rings. The van der Waals surface area contributed by atoms with E-state index in [9.17, 15) is 10.1 Å². The highest BCUT2D eigenvalue weighted by Crippen LogP contribution is 2.28. The van der Waals surface area contributed by atoms with Crippen LogP contribution in [0.2, 0.25) is 0 Å². The van der Waals surface area contributed by atoms with Gasteiger partial charge in [0, 0.05) is 17.7 Å². The Morgan fingerprint density at radius 2 is 2.46 bits per heavy atom. The molecule has 1 aliphatic heterocycles. The summed E-state index contributed by atoms with van der Waals surface area (Å²) < 4.78 is 0. The Balaban J connectivity index is 2.59. The topological polar surface area (TPSA) is 68.1 Å². The third-order valence-corrected chi connectivity index (χ3v) is 2.30. The monoisotopic (exact) mass is 179 g/mol. The van der Waals surface area contributed by atoms with Gasteiger partial charge in [0.25, 0.3) is 5.69 Å². The van der Waals surface area contributed by atoms with E-state index in [0.29, 0.717) is 0 Å². The van der Waals surface area contributed by atoms with Crippen molar-refractivity contribution in [3.05, 3.63) is 27.4 Å². The van der Waals surface area contributed by atoms with Crippen LogP contribution < -0.4 is 5.32 Å². The standard InChI is InChI=1S/C8H9N3O2/c1-5-6-2-3-9-8(6)10-4-7(5)11(12)13/h4H,2-3H2,1H3,(H,9,10). The van der Waals surface area contributed by atoms with Crippen LogP contribution in [0.3, 0.4) is 0 Å². The van der Waals surface area contributed by atoms with Crippen molar-refractivity contribution < 1.29 is 4.92 Å². The molecule has 0 spiro atoms. The summed E-state index contributed by atoms with van der Waals surface area (Å²) in [5, 5.41) is 13.6. The van der Waals surface area contributed by atoms with Crippen molar-refractivity contribution in [2.45, 2.75) is 13.3 Å². The van der Waals surface area contributed by atoms with E-state index < -0.39 is 0 Å². The number of anilines is 1. The first-order chi connectivity index (χ1) is 6.20. The van der Waals surface area contributed by atoms with Gasteiger partial charge in [-0.2, -0.15) is 0 Å². The van der Waals surface area contributed by atoms with E-state index in [0.717, 1.165) is 29.9 Å². The second kappa shape index (κ2) is 2.69. The summed E-state index contributed by atoms with van der Waals surface area (Å²) >= 11 is 0. The van der Waals surface area contributed by atoms with E-state index in [2.05, 4.69) is 10.3 Å². The third kappa shape index (κ3) is 1.12. The third-order valence-electron chi connectivity index (χ3n) is 2.30. The van der Waals surface area contributed by atoms with Crippen molar-refractivity contribution in [1.82, 2.24) is 4.98 Å². The van der Waals surface area contributed by atoms with Crippen LogP contribution in [-0.4, -0.2) is 16.5 Å². The van der Waals surface area contributed by atoms with Crippen LogP contribution in [0.15, 0.2) is 6.20 Å². The Bertz CT molecular complexity index is 376. The van der Waals surface area contributed by atoms with Gasteiger partial charge >= 0.3 is 0 Å². The molecule has 0 aliphatic carbocycles. The molecule has 0 unspecified atom stereocenters. The second-order valence-electron chi connectivity index (χ2n) is 3.03. The van der Waals surface area contributed by atoms with Gasteiger partial charge < -0.3 is 5.32 Å². The summed E-state index contributed by atoms with van der Waals surface area (Å²) in [5.41, 5.74) is 1.83. The fourth-order valence-corrected chi connectivity index (χ4v) is 1.58. The lowest BCUT2D eigenvalue weighted by molar-refractivity contribution is -0.385. The lowest BCUT2D eigenvalue weighted by Crippen LogP contribution is -1.97. The summed E-state index contributed by atoms with van der Waals surface area (Å²) in [4.78, 5) is 14.2. The minimum absolute atomic E-state index is 0.113. The fraction of sp³-hybridized carbons (Fsp3) is 0.375. The average molecular weight is 179 g/mol. The molecular weight excluding hydrogens is 170 g/mol. The minimum atomic E-state index is -0.388. The van der Waals surface area contributed by atoms with Gasteiger partial charge in [0.05, 0.1) is 4.92 Å². The molecule has 1 aliphatic rings. The quantitative estimate of drug-likeness (QED) is 0.520. The number of nitrogens with zero attached hydrogens (tertiary/aromatic N) is 2. The molecule has 2 heterocycles. The molecule has 1 aromatic heterocycles. The van der Waals surface area contributed by atoms with Crippen molar-refractivity contribution >= 4 is 11.5 Å². The van der Waals surface area contributed by atoms with Crippen molar-refractivity contribution in [2.75, 3.05) is 11.9 Å². The fourth-order valence-electron chi connectivity index (χ4n) is 1.58. The molecule has 13 heavy (non-hydrogen) atoms. The first-order valence-corrected chi connectivity index (χ1v) is 4.07. The zero-order valence-electron chi connectivity index (χ0n) is 7.20. The molecule has 0 aromatic carbocycles. The van der Waals surface area contributed by atoms with Crippen LogP contribution in [0.4, 0.5) is 11.5 Å². The van der Waals surface area contributed by atoms with Gasteiger partial charge in [-0.15, -0.1) is 0 Å². The average Bonchev–Trinajstić information content (AvgIpc) is 2.52. The van der Waals surface area contributed by atoms with Crippen LogP contribution in [0.1, 0.15) is 11.1 Å². The number of aromatic nitrogens is 1. The van der Waals surface area contributed by atoms with Crippen LogP contribution in [0.5, 0.6) is 0 Å². The molecule has 0 amide bonds. The number of nitro groups is 1. The predicted octanol–water partition coefficient (Wildman–Crippen LogP) is 1.27. The number of fused-ring (bicyclic) bond motifs is 1. The molecule has 0 radical (unpaired) electrons. The van der Waals surface area contributed by atoms with Gasteiger partial charge in [0.1, 0.15) is 12.0 Å². The predicted molar refractivity (Wildman–Crippen MR) is 47.8 cm³/mol. The highest BCUT2D eigenvalue weighted by atomic mass is 16.6. The molecule has 1 aromatic rings. The molecular formula is C8H9N3O2. The van der Waals surface area contributed by atoms with Gasteiger partial charge in [-0.1, -0.05) is 0 Å². The number of pyridine rings is 1. The molecule has 2 rings (SSSR count). The van der Waals surface area contributed by atoms with E-state index in [1.165, 1.54) is 6.20 Å². The lowest BCUT2D eigenvalue weighted by Gasteiger charge is -2.02. The Labute approximate surface area is 74.9 Å². The highest BCUT2D eigenvalue weighted by Gasteiger charge is 2.21. The Hall–Kier alpha value is -1.65. The number of rotatable bonds is 1. The van der Waals surface area contributed by atoms with Crippen LogP contribution >= 0.6 is 0 Å². The van der Waals surface area contributed by atoms with E-state index >= 15 is 0 Å². The van der Waals surface area contributed by atoms with Gasteiger partial charge in [0.15, 0.2) is 0 Å². The normalized spacial score (nSPS) is 13.6. The summed E-state index contributed by atoms with van der Waals surface area (Å²) in [5.74, 6) is 0.795. The van der Waals surface area contributed by atoms with Gasteiger partial charge in [0.2, 0.25) is 0 Å². The van der Waals surface area contributed by atoms with Crippen molar-refractivity contribution in [2.24, 2.45) is 0 Å². The smallest absolute Gasteiger partial charge is 0.290 e. The molecule has 0 saturated heterocycles. The summed E-state index contributed by atoms with van der Waals surface area (Å²) in [6, 6.07) is 0. The summed E-state index contributed by atoms with van der Waals surface area (Å²) in [6.45, 7) is 2.59. The van der Waals surface area contributed by atoms with Gasteiger partial charge in [-0.05, 0) is 13.3 Å². The molecule has 0 saturated carbocycles. The van der Waals surface area contributed by atoms with Crippen LogP contribution in [0, 0.1) is 17.0 Å². The largest absolute Gasteiger partial charge is 0.369 e. The van der Waals surface area contributed by atoms with E-state index in [-0.39, 0.29) is 10.6 Å². The van der Waals surface area contributed by atoms with E-state index in [4.69, 9.17) is 0 Å². The first-order valence-electron chi connectivity index (χ1n) is 4.07. The molecule has 68 valence electrons. The van der Waals surface area contributed by atoms with E-state index in [1.54, 1.807) is 6.92 Å². The highest BCUT2D eigenvalue weighted by molar-refractivity contribution is 5.58. The molecule has 1 N–H and O–H groups in total. The number of hydrogen-bond acceptors (Lipinski definition) is 4. The molecule has 0 atom stereocenters.